The Kier molecular flexibility index (Phi) is 4.03. The number of methoxy groups -OCH3 is 1. The van der Waals surface area contributed by atoms with Gasteiger partial charge in [0.15, 0.2) is 12.2 Å². The highest BCUT2D eigenvalue weighted by molar-refractivity contribution is 6.00. The fraction of sp³-hybridized carbons (Fsp3) is 0.100. The van der Waals surface area contributed by atoms with Crippen LogP contribution in [0.15, 0.2) is 35.3 Å². The van der Waals surface area contributed by atoms with E-state index in [0.717, 1.165) is 6.40 Å². The van der Waals surface area contributed by atoms with E-state index < -0.39 is 6.16 Å². The highest BCUT2D eigenvalue weighted by Crippen LogP contribution is 1.99. The molecule has 0 unspecified atom stereocenters. The lowest BCUT2D eigenvalue weighted by Gasteiger charge is -1.97. The molecule has 0 aromatic heterocycles. The van der Waals surface area contributed by atoms with Crippen molar-refractivity contribution in [3.63, 3.8) is 0 Å². The topological polar surface area (TPSA) is 71.7 Å². The minimum absolute atomic E-state index is 0.0134. The van der Waals surface area contributed by atoms with Crippen LogP contribution in [0.2, 0.25) is 0 Å². The van der Waals surface area contributed by atoms with Crippen LogP contribution in [0.5, 0.6) is 0 Å². The van der Waals surface area contributed by atoms with Crippen LogP contribution in [0.3, 0.4) is 0 Å². The first-order valence-corrected chi connectivity index (χ1v) is 4.15. The van der Waals surface area contributed by atoms with Gasteiger partial charge in [0.1, 0.15) is 0 Å². The van der Waals surface area contributed by atoms with Crippen molar-refractivity contribution in [3.05, 3.63) is 35.9 Å². The number of ether oxygens (including phenoxy) is 2. The second-order valence-corrected chi connectivity index (χ2v) is 2.52. The zero-order valence-electron chi connectivity index (χ0n) is 8.14. The van der Waals surface area contributed by atoms with Crippen LogP contribution in [0.4, 0.5) is 4.79 Å². The molecule has 0 spiro atoms. The summed E-state index contributed by atoms with van der Waals surface area (Å²) in [6.45, 7) is 0. The maximum absolute atomic E-state index is 10.5. The second-order valence-electron chi connectivity index (χ2n) is 2.52. The molecule has 78 valence electrons. The van der Waals surface area contributed by atoms with Gasteiger partial charge in [-0.15, -0.1) is 0 Å². The number of nitrogens with zero attached hydrogens (tertiary/aromatic N) is 1. The highest BCUT2D eigenvalue weighted by atomic mass is 16.7. The molecule has 5 heteroatoms. The largest absolute Gasteiger partial charge is 0.514 e. The van der Waals surface area contributed by atoms with Gasteiger partial charge in [-0.3, -0.25) is 5.41 Å². The van der Waals surface area contributed by atoms with Crippen LogP contribution in [-0.2, 0) is 9.47 Å². The van der Waals surface area contributed by atoms with E-state index in [1.165, 1.54) is 7.11 Å². The van der Waals surface area contributed by atoms with Crippen molar-refractivity contribution in [2.75, 3.05) is 7.11 Å². The summed E-state index contributed by atoms with van der Waals surface area (Å²) in [5.74, 6) is 0.0134. The Bertz CT molecular complexity index is 374. The predicted octanol–water partition coefficient (Wildman–Crippen LogP) is 1.82. The molecule has 0 aliphatic heterocycles. The molecule has 1 rings (SSSR count). The zero-order valence-corrected chi connectivity index (χ0v) is 8.14. The summed E-state index contributed by atoms with van der Waals surface area (Å²) in [6, 6.07) is 8.89. The molecule has 0 bridgehead atoms. The smallest absolute Gasteiger partial charge is 0.437 e. The van der Waals surface area contributed by atoms with Gasteiger partial charge in [0.05, 0.1) is 7.11 Å². The third-order valence-corrected chi connectivity index (χ3v) is 1.54. The molecule has 0 aliphatic carbocycles. The van der Waals surface area contributed by atoms with Crippen LogP contribution in [0.1, 0.15) is 5.56 Å². The van der Waals surface area contributed by atoms with E-state index in [9.17, 15) is 4.79 Å². The minimum atomic E-state index is -0.861. The number of carbonyl (C=O) groups is 1. The van der Waals surface area contributed by atoms with Crippen molar-refractivity contribution in [3.8, 4) is 0 Å². The summed E-state index contributed by atoms with van der Waals surface area (Å²) in [6.07, 6.45) is 0.0147. The second kappa shape index (κ2) is 5.54. The summed E-state index contributed by atoms with van der Waals surface area (Å²) >= 11 is 0. The van der Waals surface area contributed by atoms with Crippen molar-refractivity contribution in [1.82, 2.24) is 0 Å². The van der Waals surface area contributed by atoms with Crippen molar-refractivity contribution in [1.29, 1.82) is 5.41 Å². The summed E-state index contributed by atoms with van der Waals surface area (Å²) in [7, 11) is 1.19. The van der Waals surface area contributed by atoms with Crippen LogP contribution in [0.25, 0.3) is 0 Å². The molecule has 1 N–H and O–H groups in total. The average Bonchev–Trinajstić information content (AvgIpc) is 2.29. The van der Waals surface area contributed by atoms with E-state index >= 15 is 0 Å². The standard InChI is InChI=1S/C10H10N2O3/c1-14-10(13)15-7-12-9(11)8-5-3-2-4-6-8/h2-7,11H,1H3. The van der Waals surface area contributed by atoms with Gasteiger partial charge in [0.2, 0.25) is 0 Å². The van der Waals surface area contributed by atoms with Crippen molar-refractivity contribution in [2.24, 2.45) is 4.99 Å². The van der Waals surface area contributed by atoms with Crippen molar-refractivity contribution >= 4 is 18.4 Å². The van der Waals surface area contributed by atoms with E-state index in [1.807, 2.05) is 6.07 Å². The third-order valence-electron chi connectivity index (χ3n) is 1.54. The molecule has 0 saturated heterocycles. The minimum Gasteiger partial charge on any atom is -0.437 e. The molecular weight excluding hydrogens is 196 g/mol. The van der Waals surface area contributed by atoms with Gasteiger partial charge in [0, 0.05) is 5.56 Å². The first kappa shape index (κ1) is 10.9. The number of aliphatic imine (C=N–C) groups is 1. The summed E-state index contributed by atoms with van der Waals surface area (Å²) < 4.78 is 8.60. The van der Waals surface area contributed by atoms with Gasteiger partial charge in [-0.25, -0.2) is 9.79 Å². The van der Waals surface area contributed by atoms with Crippen LogP contribution in [-0.4, -0.2) is 25.5 Å². The zero-order chi connectivity index (χ0) is 11.1. The number of hydrogen-bond acceptors (Lipinski definition) is 4. The monoisotopic (exact) mass is 206 g/mol. The Balaban J connectivity index is 2.53. The van der Waals surface area contributed by atoms with E-state index in [1.54, 1.807) is 24.3 Å². The van der Waals surface area contributed by atoms with Gasteiger partial charge in [-0.1, -0.05) is 30.3 Å². The van der Waals surface area contributed by atoms with Crippen LogP contribution >= 0.6 is 0 Å². The molecule has 15 heavy (non-hydrogen) atoms. The molecule has 0 aliphatic rings. The normalized spacial score (nSPS) is 9.93. The lowest BCUT2D eigenvalue weighted by Crippen LogP contribution is -2.03. The Morgan fingerprint density at radius 2 is 2.07 bits per heavy atom. The fourth-order valence-electron chi connectivity index (χ4n) is 0.841. The summed E-state index contributed by atoms with van der Waals surface area (Å²) in [5, 5.41) is 7.50. The van der Waals surface area contributed by atoms with E-state index in [4.69, 9.17) is 5.41 Å². The number of carbonyl (C=O) groups excluding carboxylic acids is 1. The van der Waals surface area contributed by atoms with Gasteiger partial charge >= 0.3 is 6.16 Å². The Hall–Kier alpha value is -2.17. The average molecular weight is 206 g/mol. The molecule has 0 atom stereocenters. The third kappa shape index (κ3) is 3.60. The molecule has 0 saturated carbocycles. The number of rotatable bonds is 2. The lowest BCUT2D eigenvalue weighted by molar-refractivity contribution is 0.120. The molecule has 1 aromatic carbocycles. The summed E-state index contributed by atoms with van der Waals surface area (Å²) in [4.78, 5) is 14.1. The van der Waals surface area contributed by atoms with E-state index in [0.29, 0.717) is 5.56 Å². The molecule has 1 aromatic rings. The number of benzene rings is 1. The summed E-state index contributed by atoms with van der Waals surface area (Å²) in [5.41, 5.74) is 0.641. The number of amidine groups is 1. The SMILES string of the molecule is COC(=O)OC=NC(=N)c1ccccc1. The van der Waals surface area contributed by atoms with Gasteiger partial charge in [-0.05, 0) is 0 Å². The van der Waals surface area contributed by atoms with Crippen molar-refractivity contribution in [2.45, 2.75) is 0 Å². The Morgan fingerprint density at radius 1 is 1.40 bits per heavy atom. The highest BCUT2D eigenvalue weighted by Gasteiger charge is 1.98. The van der Waals surface area contributed by atoms with Crippen LogP contribution in [0, 0.1) is 5.41 Å². The molecular formula is C10H10N2O3. The van der Waals surface area contributed by atoms with E-state index in [2.05, 4.69) is 14.5 Å². The Morgan fingerprint density at radius 3 is 2.67 bits per heavy atom. The number of nitrogens with one attached hydrogen (secondary N) is 1. The van der Waals surface area contributed by atoms with Gasteiger partial charge in [0.25, 0.3) is 0 Å². The molecule has 0 heterocycles. The molecule has 0 radical (unpaired) electrons. The maximum atomic E-state index is 10.5. The Labute approximate surface area is 86.9 Å². The predicted molar refractivity (Wildman–Crippen MR) is 55.3 cm³/mol. The first-order valence-electron chi connectivity index (χ1n) is 4.15. The molecule has 0 fully saturated rings. The van der Waals surface area contributed by atoms with Crippen molar-refractivity contribution < 1.29 is 14.3 Å². The van der Waals surface area contributed by atoms with Crippen LogP contribution < -0.4 is 0 Å². The molecule has 5 nitrogen and oxygen atoms in total. The van der Waals surface area contributed by atoms with Gasteiger partial charge < -0.3 is 9.47 Å². The van der Waals surface area contributed by atoms with E-state index in [-0.39, 0.29) is 5.84 Å². The fourth-order valence-corrected chi connectivity index (χ4v) is 0.841. The number of hydrogen-bond donors (Lipinski definition) is 1. The first-order chi connectivity index (χ1) is 7.24. The molecule has 0 amide bonds. The lowest BCUT2D eigenvalue weighted by atomic mass is 10.2. The van der Waals surface area contributed by atoms with Gasteiger partial charge in [-0.2, -0.15) is 0 Å². The maximum Gasteiger partial charge on any atom is 0.514 e. The quantitative estimate of drug-likeness (QED) is 0.455.